The molecular weight excluding hydrogens is 314 g/mol. The molecule has 1 aliphatic heterocycles. The molecule has 1 aliphatic rings. The van der Waals surface area contributed by atoms with Crippen molar-refractivity contribution < 1.29 is 4.79 Å². The van der Waals surface area contributed by atoms with E-state index in [9.17, 15) is 4.79 Å². The number of carbonyl (C=O) groups excluding carboxylic acids is 1. The minimum atomic E-state index is -0.0914. The fourth-order valence-electron chi connectivity index (χ4n) is 3.32. The molecular formula is C19H19N5O. The van der Waals surface area contributed by atoms with E-state index in [-0.39, 0.29) is 11.9 Å². The highest BCUT2D eigenvalue weighted by Gasteiger charge is 2.33. The number of carbonyl (C=O) groups is 1. The Labute approximate surface area is 146 Å². The van der Waals surface area contributed by atoms with Gasteiger partial charge < -0.3 is 9.47 Å². The van der Waals surface area contributed by atoms with Crippen LogP contribution in [0.5, 0.6) is 0 Å². The average Bonchev–Trinajstić information content (AvgIpc) is 3.01. The zero-order valence-electron chi connectivity index (χ0n) is 14.3. The standard InChI is InChI=1S/C19H19N5O/c1-13-10-21-18-12-24(19(25)16-8-9-20-14(2)22-16)17(11-23(13)18)15-6-4-3-5-7-15/h3-10,17H,11-12H2,1-2H3/t17-/m1/s1. The fraction of sp³-hybridized carbons (Fsp3) is 0.263. The molecule has 6 heteroatoms. The van der Waals surface area contributed by atoms with Crippen LogP contribution in [-0.4, -0.2) is 30.3 Å². The van der Waals surface area contributed by atoms with E-state index in [1.807, 2.05) is 36.2 Å². The molecule has 0 aliphatic carbocycles. The van der Waals surface area contributed by atoms with Crippen LogP contribution in [-0.2, 0) is 13.1 Å². The highest BCUT2D eigenvalue weighted by atomic mass is 16.2. The van der Waals surface area contributed by atoms with Crippen LogP contribution in [0.4, 0.5) is 0 Å². The largest absolute Gasteiger partial charge is 0.328 e. The summed E-state index contributed by atoms with van der Waals surface area (Å²) >= 11 is 0. The first-order valence-corrected chi connectivity index (χ1v) is 8.30. The summed E-state index contributed by atoms with van der Waals surface area (Å²) in [6, 6.07) is 11.7. The molecule has 0 fully saturated rings. The van der Waals surface area contributed by atoms with Gasteiger partial charge in [0.1, 0.15) is 17.3 Å². The van der Waals surface area contributed by atoms with E-state index >= 15 is 0 Å². The Bertz CT molecular complexity index is 919. The Morgan fingerprint density at radius 2 is 1.92 bits per heavy atom. The van der Waals surface area contributed by atoms with Crippen LogP contribution in [0.15, 0.2) is 48.8 Å². The lowest BCUT2D eigenvalue weighted by atomic mass is 10.0. The molecule has 0 saturated carbocycles. The molecule has 0 N–H and O–H groups in total. The zero-order valence-corrected chi connectivity index (χ0v) is 14.3. The summed E-state index contributed by atoms with van der Waals surface area (Å²) in [5.41, 5.74) is 2.64. The summed E-state index contributed by atoms with van der Waals surface area (Å²) < 4.78 is 2.19. The van der Waals surface area contributed by atoms with Crippen LogP contribution in [0, 0.1) is 13.8 Å². The van der Waals surface area contributed by atoms with Gasteiger partial charge in [-0.05, 0) is 25.5 Å². The van der Waals surface area contributed by atoms with Crippen molar-refractivity contribution in [2.24, 2.45) is 0 Å². The van der Waals surface area contributed by atoms with Gasteiger partial charge >= 0.3 is 0 Å². The maximum absolute atomic E-state index is 13.2. The Morgan fingerprint density at radius 1 is 1.12 bits per heavy atom. The first-order valence-electron chi connectivity index (χ1n) is 8.30. The van der Waals surface area contributed by atoms with Gasteiger partial charge in [-0.15, -0.1) is 0 Å². The number of benzene rings is 1. The average molecular weight is 333 g/mol. The molecule has 0 unspecified atom stereocenters. The summed E-state index contributed by atoms with van der Waals surface area (Å²) in [7, 11) is 0. The quantitative estimate of drug-likeness (QED) is 0.723. The maximum Gasteiger partial charge on any atom is 0.273 e. The molecule has 1 atom stereocenters. The van der Waals surface area contributed by atoms with Crippen LogP contribution >= 0.6 is 0 Å². The molecule has 0 spiro atoms. The number of fused-ring (bicyclic) bond motifs is 1. The number of nitrogens with zero attached hydrogens (tertiary/aromatic N) is 5. The predicted octanol–water partition coefficient (Wildman–Crippen LogP) is 2.69. The van der Waals surface area contributed by atoms with Crippen molar-refractivity contribution in [2.45, 2.75) is 33.0 Å². The topological polar surface area (TPSA) is 63.9 Å². The summed E-state index contributed by atoms with van der Waals surface area (Å²) in [4.78, 5) is 27.9. The highest BCUT2D eigenvalue weighted by molar-refractivity contribution is 5.92. The van der Waals surface area contributed by atoms with E-state index in [2.05, 4.69) is 31.7 Å². The van der Waals surface area contributed by atoms with Crippen molar-refractivity contribution in [3.8, 4) is 0 Å². The summed E-state index contributed by atoms with van der Waals surface area (Å²) in [5.74, 6) is 1.41. The summed E-state index contributed by atoms with van der Waals surface area (Å²) in [5, 5.41) is 0. The number of hydrogen-bond acceptors (Lipinski definition) is 4. The minimum Gasteiger partial charge on any atom is -0.328 e. The third kappa shape index (κ3) is 2.80. The fourth-order valence-corrected chi connectivity index (χ4v) is 3.32. The van der Waals surface area contributed by atoms with Crippen molar-refractivity contribution in [3.63, 3.8) is 0 Å². The van der Waals surface area contributed by atoms with Crippen LogP contribution < -0.4 is 0 Å². The van der Waals surface area contributed by atoms with Gasteiger partial charge in [0.15, 0.2) is 0 Å². The number of rotatable bonds is 2. The molecule has 0 saturated heterocycles. The lowest BCUT2D eigenvalue weighted by Crippen LogP contribution is -2.41. The molecule has 126 valence electrons. The van der Waals surface area contributed by atoms with E-state index < -0.39 is 0 Å². The molecule has 1 aromatic carbocycles. The molecule has 1 amide bonds. The lowest BCUT2D eigenvalue weighted by Gasteiger charge is -2.36. The third-order valence-electron chi connectivity index (χ3n) is 4.62. The molecule has 25 heavy (non-hydrogen) atoms. The van der Waals surface area contributed by atoms with E-state index in [4.69, 9.17) is 0 Å². The number of aryl methyl sites for hydroxylation is 2. The Balaban J connectivity index is 1.76. The van der Waals surface area contributed by atoms with Crippen LogP contribution in [0.25, 0.3) is 0 Å². The number of aromatic nitrogens is 4. The zero-order chi connectivity index (χ0) is 17.4. The monoisotopic (exact) mass is 333 g/mol. The second kappa shape index (κ2) is 6.12. The van der Waals surface area contributed by atoms with Crippen molar-refractivity contribution in [2.75, 3.05) is 0 Å². The Hall–Kier alpha value is -3.02. The Morgan fingerprint density at radius 3 is 2.68 bits per heavy atom. The second-order valence-corrected chi connectivity index (χ2v) is 6.28. The van der Waals surface area contributed by atoms with Gasteiger partial charge in [-0.25, -0.2) is 15.0 Å². The number of hydrogen-bond donors (Lipinski definition) is 0. The Kier molecular flexibility index (Phi) is 3.80. The second-order valence-electron chi connectivity index (χ2n) is 6.28. The molecule has 2 aromatic heterocycles. The first kappa shape index (κ1) is 15.5. The molecule has 3 heterocycles. The number of amides is 1. The van der Waals surface area contributed by atoms with Crippen LogP contribution in [0.3, 0.4) is 0 Å². The maximum atomic E-state index is 13.2. The summed E-state index contributed by atoms with van der Waals surface area (Å²) in [6.45, 7) is 5.00. The molecule has 3 aromatic rings. The molecule has 0 bridgehead atoms. The van der Waals surface area contributed by atoms with Gasteiger partial charge in [-0.1, -0.05) is 30.3 Å². The van der Waals surface area contributed by atoms with Crippen molar-refractivity contribution >= 4 is 5.91 Å². The van der Waals surface area contributed by atoms with E-state index in [0.717, 1.165) is 17.1 Å². The first-order chi connectivity index (χ1) is 12.1. The normalized spacial score (nSPS) is 16.6. The van der Waals surface area contributed by atoms with Crippen molar-refractivity contribution in [1.82, 2.24) is 24.4 Å². The van der Waals surface area contributed by atoms with Gasteiger partial charge in [0.05, 0.1) is 12.6 Å². The van der Waals surface area contributed by atoms with Gasteiger partial charge in [-0.3, -0.25) is 4.79 Å². The smallest absolute Gasteiger partial charge is 0.273 e. The van der Waals surface area contributed by atoms with Gasteiger partial charge in [0.2, 0.25) is 0 Å². The SMILES string of the molecule is Cc1nccc(C(=O)N2Cc3ncc(C)n3C[C@@H]2c2ccccc2)n1. The minimum absolute atomic E-state index is 0.0515. The van der Waals surface area contributed by atoms with E-state index in [1.165, 1.54) is 0 Å². The van der Waals surface area contributed by atoms with Gasteiger partial charge in [0, 0.05) is 24.6 Å². The number of imidazole rings is 1. The molecule has 4 rings (SSSR count). The van der Waals surface area contributed by atoms with Crippen LogP contribution in [0.2, 0.25) is 0 Å². The lowest BCUT2D eigenvalue weighted by molar-refractivity contribution is 0.0576. The van der Waals surface area contributed by atoms with Crippen molar-refractivity contribution in [3.05, 3.63) is 77.4 Å². The predicted molar refractivity (Wildman–Crippen MR) is 92.8 cm³/mol. The van der Waals surface area contributed by atoms with E-state index in [0.29, 0.717) is 24.6 Å². The third-order valence-corrected chi connectivity index (χ3v) is 4.62. The van der Waals surface area contributed by atoms with Crippen LogP contribution in [0.1, 0.15) is 39.4 Å². The molecule has 0 radical (unpaired) electrons. The summed E-state index contributed by atoms with van der Waals surface area (Å²) in [6.07, 6.45) is 3.49. The van der Waals surface area contributed by atoms with E-state index in [1.54, 1.807) is 19.2 Å². The van der Waals surface area contributed by atoms with Crippen molar-refractivity contribution in [1.29, 1.82) is 0 Å². The van der Waals surface area contributed by atoms with Gasteiger partial charge in [0.25, 0.3) is 5.91 Å². The molecule has 6 nitrogen and oxygen atoms in total. The van der Waals surface area contributed by atoms with Gasteiger partial charge in [-0.2, -0.15) is 0 Å². The highest BCUT2D eigenvalue weighted by Crippen LogP contribution is 2.31.